The highest BCUT2D eigenvalue weighted by molar-refractivity contribution is 14.1. The lowest BCUT2D eigenvalue weighted by molar-refractivity contribution is 0.386. The van der Waals surface area contributed by atoms with E-state index in [1.54, 1.807) is 12.1 Å². The molecule has 0 aliphatic rings. The smallest absolute Gasteiger partial charge is 0.165 e. The van der Waals surface area contributed by atoms with Crippen molar-refractivity contribution in [3.05, 3.63) is 33.3 Å². The molecule has 0 bridgehead atoms. The van der Waals surface area contributed by atoms with Crippen molar-refractivity contribution in [1.82, 2.24) is 9.97 Å². The average molecular weight is 401 g/mol. The van der Waals surface area contributed by atoms with Crippen LogP contribution in [0.4, 0.5) is 10.2 Å². The zero-order chi connectivity index (χ0) is 15.6. The van der Waals surface area contributed by atoms with E-state index in [1.165, 1.54) is 13.2 Å². The summed E-state index contributed by atoms with van der Waals surface area (Å²) in [4.78, 5) is 8.87. The van der Waals surface area contributed by atoms with E-state index in [9.17, 15) is 4.39 Å². The van der Waals surface area contributed by atoms with Crippen LogP contribution in [0.3, 0.4) is 0 Å². The monoisotopic (exact) mass is 401 g/mol. The fourth-order valence-corrected chi connectivity index (χ4v) is 2.42. The van der Waals surface area contributed by atoms with Gasteiger partial charge in [-0.25, -0.2) is 14.4 Å². The van der Waals surface area contributed by atoms with Gasteiger partial charge in [0, 0.05) is 5.56 Å². The largest absolute Gasteiger partial charge is 0.494 e. The van der Waals surface area contributed by atoms with Crippen molar-refractivity contribution in [2.75, 3.05) is 12.8 Å². The summed E-state index contributed by atoms with van der Waals surface area (Å²) < 4.78 is 19.4. The molecule has 2 aromatic rings. The predicted octanol–water partition coefficient (Wildman–Crippen LogP) is 3.68. The summed E-state index contributed by atoms with van der Waals surface area (Å²) in [5, 5.41) is 0. The Bertz CT molecular complexity index is 662. The second-order valence-corrected chi connectivity index (χ2v) is 6.22. The molecule has 0 amide bonds. The third-order valence-corrected chi connectivity index (χ3v) is 4.13. The highest BCUT2D eigenvalue weighted by Crippen LogP contribution is 2.27. The summed E-state index contributed by atoms with van der Waals surface area (Å²) in [7, 11) is 1.43. The van der Waals surface area contributed by atoms with Crippen molar-refractivity contribution in [3.8, 4) is 17.1 Å². The third kappa shape index (κ3) is 3.61. The number of benzene rings is 1. The summed E-state index contributed by atoms with van der Waals surface area (Å²) >= 11 is 2.16. The first-order chi connectivity index (χ1) is 9.92. The molecule has 6 heteroatoms. The number of nitrogen functional groups attached to an aromatic ring is 1. The molecule has 0 aliphatic carbocycles. The van der Waals surface area contributed by atoms with E-state index in [1.807, 2.05) is 0 Å². The number of methoxy groups -OCH3 is 1. The van der Waals surface area contributed by atoms with E-state index in [-0.39, 0.29) is 5.75 Å². The average Bonchev–Trinajstić information content (AvgIpc) is 2.43. The van der Waals surface area contributed by atoms with E-state index < -0.39 is 5.82 Å². The van der Waals surface area contributed by atoms with Gasteiger partial charge in [0.05, 0.1) is 16.4 Å². The Morgan fingerprint density at radius 2 is 2.05 bits per heavy atom. The van der Waals surface area contributed by atoms with Crippen LogP contribution in [-0.4, -0.2) is 17.1 Å². The van der Waals surface area contributed by atoms with Gasteiger partial charge < -0.3 is 10.5 Å². The molecular weight excluding hydrogens is 384 g/mol. The number of aromatic nitrogens is 2. The molecule has 0 fully saturated rings. The van der Waals surface area contributed by atoms with Crippen LogP contribution < -0.4 is 10.5 Å². The number of ether oxygens (including phenoxy) is 1. The Kier molecular flexibility index (Phi) is 4.97. The molecule has 0 saturated heterocycles. The van der Waals surface area contributed by atoms with Gasteiger partial charge in [-0.2, -0.15) is 0 Å². The number of rotatable bonds is 4. The van der Waals surface area contributed by atoms with Crippen LogP contribution in [0.25, 0.3) is 11.4 Å². The molecule has 1 heterocycles. The number of anilines is 1. The van der Waals surface area contributed by atoms with Crippen molar-refractivity contribution in [2.24, 2.45) is 5.92 Å². The van der Waals surface area contributed by atoms with Crippen molar-refractivity contribution >= 4 is 28.4 Å². The molecule has 0 spiro atoms. The van der Waals surface area contributed by atoms with E-state index in [4.69, 9.17) is 10.5 Å². The van der Waals surface area contributed by atoms with Crippen LogP contribution in [0.2, 0.25) is 0 Å². The summed E-state index contributed by atoms with van der Waals surface area (Å²) in [5.41, 5.74) is 7.57. The molecule has 2 N–H and O–H groups in total. The topological polar surface area (TPSA) is 61.0 Å². The number of halogens is 2. The summed E-state index contributed by atoms with van der Waals surface area (Å²) in [6, 6.07) is 4.54. The van der Waals surface area contributed by atoms with Gasteiger partial charge in [-0.15, -0.1) is 0 Å². The van der Waals surface area contributed by atoms with Crippen LogP contribution in [0.1, 0.15) is 19.5 Å². The lowest BCUT2D eigenvalue weighted by Gasteiger charge is -2.11. The highest BCUT2D eigenvalue weighted by Gasteiger charge is 2.14. The van der Waals surface area contributed by atoms with Gasteiger partial charge in [-0.3, -0.25) is 0 Å². The van der Waals surface area contributed by atoms with Crippen molar-refractivity contribution in [3.63, 3.8) is 0 Å². The molecule has 0 saturated carbocycles. The number of nitrogens with two attached hydrogens (primary N) is 1. The Balaban J connectivity index is 2.51. The molecule has 4 nitrogen and oxygen atoms in total. The molecule has 0 unspecified atom stereocenters. The Labute approximate surface area is 137 Å². The molecule has 0 aliphatic heterocycles. The van der Waals surface area contributed by atoms with Gasteiger partial charge in [0.1, 0.15) is 5.82 Å². The van der Waals surface area contributed by atoms with Gasteiger partial charge >= 0.3 is 0 Å². The second kappa shape index (κ2) is 6.55. The first-order valence-electron chi connectivity index (χ1n) is 6.58. The van der Waals surface area contributed by atoms with Gasteiger partial charge in [-0.1, -0.05) is 13.8 Å². The molecular formula is C15H17FIN3O. The minimum atomic E-state index is -0.415. The van der Waals surface area contributed by atoms with E-state index >= 15 is 0 Å². The van der Waals surface area contributed by atoms with E-state index in [0.29, 0.717) is 23.1 Å². The predicted molar refractivity (Wildman–Crippen MR) is 89.6 cm³/mol. The fourth-order valence-electron chi connectivity index (χ4n) is 1.96. The highest BCUT2D eigenvalue weighted by atomic mass is 127. The van der Waals surface area contributed by atoms with Gasteiger partial charge in [0.15, 0.2) is 17.4 Å². The number of hydrogen-bond acceptors (Lipinski definition) is 4. The standard InChI is InChI=1S/C15H17FIN3O/c1-8(2)6-11-13(17)14(18)20-15(19-11)9-4-5-10(16)12(7-9)21-3/h4-5,7-8H,6H2,1-3H3,(H2,18,19,20). The maximum absolute atomic E-state index is 13.5. The molecule has 112 valence electrons. The second-order valence-electron chi connectivity index (χ2n) is 5.14. The van der Waals surface area contributed by atoms with Crippen molar-refractivity contribution < 1.29 is 9.13 Å². The van der Waals surface area contributed by atoms with Gasteiger partial charge in [0.25, 0.3) is 0 Å². The first kappa shape index (κ1) is 15.9. The molecule has 1 aromatic carbocycles. The normalized spacial score (nSPS) is 11.0. The Morgan fingerprint density at radius 1 is 1.33 bits per heavy atom. The van der Waals surface area contributed by atoms with Gasteiger partial charge in [0.2, 0.25) is 0 Å². The third-order valence-electron chi connectivity index (χ3n) is 2.96. The SMILES string of the molecule is COc1cc(-c2nc(N)c(I)c(CC(C)C)n2)ccc1F. The Hall–Kier alpha value is -1.44. The van der Waals surface area contributed by atoms with Crippen LogP contribution in [0.5, 0.6) is 5.75 Å². The Morgan fingerprint density at radius 3 is 2.67 bits per heavy atom. The zero-order valence-corrected chi connectivity index (χ0v) is 14.3. The number of nitrogens with zero attached hydrogens (tertiary/aromatic N) is 2. The van der Waals surface area contributed by atoms with Crippen molar-refractivity contribution in [2.45, 2.75) is 20.3 Å². The summed E-state index contributed by atoms with van der Waals surface area (Å²) in [5.74, 6) is 1.14. The number of hydrogen-bond donors (Lipinski definition) is 1. The summed E-state index contributed by atoms with van der Waals surface area (Å²) in [6.45, 7) is 4.24. The minimum Gasteiger partial charge on any atom is -0.494 e. The van der Waals surface area contributed by atoms with E-state index in [0.717, 1.165) is 15.7 Å². The lowest BCUT2D eigenvalue weighted by Crippen LogP contribution is -2.07. The maximum Gasteiger partial charge on any atom is 0.165 e. The van der Waals surface area contributed by atoms with Crippen LogP contribution in [0.15, 0.2) is 18.2 Å². The maximum atomic E-state index is 13.5. The molecule has 1 aromatic heterocycles. The van der Waals surface area contributed by atoms with E-state index in [2.05, 4.69) is 46.4 Å². The molecule has 2 rings (SSSR count). The molecule has 0 atom stereocenters. The quantitative estimate of drug-likeness (QED) is 0.795. The van der Waals surface area contributed by atoms with Gasteiger partial charge in [-0.05, 0) is 53.1 Å². The van der Waals surface area contributed by atoms with Crippen LogP contribution >= 0.6 is 22.6 Å². The first-order valence-corrected chi connectivity index (χ1v) is 7.66. The van der Waals surface area contributed by atoms with Crippen LogP contribution in [-0.2, 0) is 6.42 Å². The zero-order valence-electron chi connectivity index (χ0n) is 12.2. The fraction of sp³-hybridized carbons (Fsp3) is 0.333. The molecule has 21 heavy (non-hydrogen) atoms. The van der Waals surface area contributed by atoms with Crippen molar-refractivity contribution in [1.29, 1.82) is 0 Å². The molecule has 0 radical (unpaired) electrons. The minimum absolute atomic E-state index is 0.165. The van der Waals surface area contributed by atoms with Crippen LogP contribution in [0, 0.1) is 15.3 Å². The lowest BCUT2D eigenvalue weighted by atomic mass is 10.1. The summed E-state index contributed by atoms with van der Waals surface area (Å²) in [6.07, 6.45) is 0.816.